The molecule has 0 saturated heterocycles. The van der Waals surface area contributed by atoms with Gasteiger partial charge in [-0.05, 0) is 61.9 Å². The molecule has 0 saturated carbocycles. The van der Waals surface area contributed by atoms with Crippen molar-refractivity contribution in [3.63, 3.8) is 0 Å². The Kier molecular flexibility index (Phi) is 7.07. The maximum atomic E-state index is 13.5. The van der Waals surface area contributed by atoms with Crippen LogP contribution in [-0.4, -0.2) is 39.5 Å². The van der Waals surface area contributed by atoms with Gasteiger partial charge in [-0.3, -0.25) is 0 Å². The number of nitrogens with zero attached hydrogens (tertiary/aromatic N) is 1. The third-order valence-corrected chi connectivity index (χ3v) is 6.11. The highest BCUT2D eigenvalue weighted by molar-refractivity contribution is 7.89. The van der Waals surface area contributed by atoms with E-state index in [0.717, 1.165) is 22.0 Å². The van der Waals surface area contributed by atoms with Gasteiger partial charge >= 0.3 is 0 Å². The van der Waals surface area contributed by atoms with Gasteiger partial charge in [-0.25, -0.2) is 22.5 Å². The van der Waals surface area contributed by atoms with E-state index in [1.54, 1.807) is 36.4 Å². The lowest BCUT2D eigenvalue weighted by atomic mass is 10.1. The van der Waals surface area contributed by atoms with Gasteiger partial charge in [0.1, 0.15) is 5.82 Å². The lowest BCUT2D eigenvalue weighted by Gasteiger charge is -2.11. The lowest BCUT2D eigenvalue weighted by molar-refractivity contribution is 0.588. The molecule has 0 amide bonds. The zero-order valence-electron chi connectivity index (χ0n) is 17.0. The van der Waals surface area contributed by atoms with Crippen molar-refractivity contribution in [3.05, 3.63) is 65.6 Å². The summed E-state index contributed by atoms with van der Waals surface area (Å²) in [6, 6.07) is 11.3. The number of H-pyrrole nitrogens is 1. The van der Waals surface area contributed by atoms with Crippen LogP contribution in [0.2, 0.25) is 0 Å². The SMILES string of the molecule is CCNC(=NCc1ccc(S(=O)(=O)NC)cc1)NCCc1c[nH]c2ccc(F)cc12. The van der Waals surface area contributed by atoms with Gasteiger partial charge in [0.15, 0.2) is 5.96 Å². The van der Waals surface area contributed by atoms with Crippen molar-refractivity contribution in [2.24, 2.45) is 4.99 Å². The zero-order chi connectivity index (χ0) is 21.6. The summed E-state index contributed by atoms with van der Waals surface area (Å²) in [5, 5.41) is 7.35. The van der Waals surface area contributed by atoms with E-state index in [1.165, 1.54) is 13.1 Å². The van der Waals surface area contributed by atoms with Gasteiger partial charge in [-0.1, -0.05) is 12.1 Å². The fourth-order valence-electron chi connectivity index (χ4n) is 3.08. The fourth-order valence-corrected chi connectivity index (χ4v) is 3.81. The quantitative estimate of drug-likeness (QED) is 0.325. The van der Waals surface area contributed by atoms with Crippen molar-refractivity contribution in [2.75, 3.05) is 20.1 Å². The average molecular weight is 432 g/mol. The monoisotopic (exact) mass is 431 g/mol. The summed E-state index contributed by atoms with van der Waals surface area (Å²) in [6.07, 6.45) is 2.61. The molecule has 1 heterocycles. The molecule has 2 aromatic carbocycles. The molecule has 9 heteroatoms. The standard InChI is InChI=1S/C21H26FN5O2S/c1-3-24-21(27-13-15-4-7-18(8-5-15)30(28,29)23-2)25-11-10-16-14-26-20-9-6-17(22)12-19(16)20/h4-9,12,14,23,26H,3,10-11,13H2,1-2H3,(H2,24,25,27). The van der Waals surface area contributed by atoms with Crippen molar-refractivity contribution in [1.82, 2.24) is 20.3 Å². The highest BCUT2D eigenvalue weighted by atomic mass is 32.2. The summed E-state index contributed by atoms with van der Waals surface area (Å²) in [6.45, 7) is 3.74. The number of rotatable bonds is 8. The van der Waals surface area contributed by atoms with Gasteiger partial charge < -0.3 is 15.6 Å². The molecule has 3 rings (SSSR count). The molecule has 3 aromatic rings. The molecule has 0 atom stereocenters. The number of halogens is 1. The first-order valence-corrected chi connectivity index (χ1v) is 11.2. The van der Waals surface area contributed by atoms with E-state index < -0.39 is 10.0 Å². The van der Waals surface area contributed by atoms with Crippen molar-refractivity contribution in [3.8, 4) is 0 Å². The third kappa shape index (κ3) is 5.37. The molecule has 0 bridgehead atoms. The number of aromatic nitrogens is 1. The van der Waals surface area contributed by atoms with E-state index >= 15 is 0 Å². The minimum atomic E-state index is -3.44. The Bertz CT molecular complexity index is 1120. The highest BCUT2D eigenvalue weighted by Crippen LogP contribution is 2.19. The van der Waals surface area contributed by atoms with E-state index in [-0.39, 0.29) is 10.7 Å². The topological polar surface area (TPSA) is 98.4 Å². The number of hydrogen-bond donors (Lipinski definition) is 4. The van der Waals surface area contributed by atoms with Crippen LogP contribution in [0.1, 0.15) is 18.1 Å². The van der Waals surface area contributed by atoms with E-state index in [2.05, 4.69) is 25.3 Å². The fraction of sp³-hybridized carbons (Fsp3) is 0.286. The Balaban J connectivity index is 1.61. The Labute approximate surface area is 175 Å². The number of aliphatic imine (C=N–C) groups is 1. The molecule has 0 fully saturated rings. The van der Waals surface area contributed by atoms with Crippen LogP contribution in [0.5, 0.6) is 0 Å². The van der Waals surface area contributed by atoms with E-state index in [4.69, 9.17) is 0 Å². The zero-order valence-corrected chi connectivity index (χ0v) is 17.8. The van der Waals surface area contributed by atoms with Crippen molar-refractivity contribution in [2.45, 2.75) is 24.8 Å². The highest BCUT2D eigenvalue weighted by Gasteiger charge is 2.10. The minimum Gasteiger partial charge on any atom is -0.361 e. The number of aromatic amines is 1. The van der Waals surface area contributed by atoms with E-state index in [9.17, 15) is 12.8 Å². The molecule has 30 heavy (non-hydrogen) atoms. The largest absolute Gasteiger partial charge is 0.361 e. The van der Waals surface area contributed by atoms with Crippen molar-refractivity contribution < 1.29 is 12.8 Å². The number of benzene rings is 2. The Morgan fingerprint density at radius 3 is 2.60 bits per heavy atom. The van der Waals surface area contributed by atoms with Crippen LogP contribution < -0.4 is 15.4 Å². The second kappa shape index (κ2) is 9.73. The van der Waals surface area contributed by atoms with Gasteiger partial charge in [0.2, 0.25) is 10.0 Å². The number of nitrogens with one attached hydrogen (secondary N) is 4. The predicted molar refractivity (Wildman–Crippen MR) is 117 cm³/mol. The second-order valence-electron chi connectivity index (χ2n) is 6.73. The van der Waals surface area contributed by atoms with Gasteiger partial charge in [-0.2, -0.15) is 0 Å². The number of sulfonamides is 1. The second-order valence-corrected chi connectivity index (χ2v) is 8.61. The van der Waals surface area contributed by atoms with Gasteiger partial charge in [0.05, 0.1) is 11.4 Å². The summed E-state index contributed by atoms with van der Waals surface area (Å²) in [5.74, 6) is 0.412. The molecule has 4 N–H and O–H groups in total. The van der Waals surface area contributed by atoms with Gasteiger partial charge in [0, 0.05) is 30.2 Å². The molecule has 0 unspecified atom stereocenters. The summed E-state index contributed by atoms with van der Waals surface area (Å²) >= 11 is 0. The molecular weight excluding hydrogens is 405 g/mol. The molecular formula is C21H26FN5O2S. The Hall–Kier alpha value is -2.91. The van der Waals surface area contributed by atoms with Crippen LogP contribution in [0.3, 0.4) is 0 Å². The lowest BCUT2D eigenvalue weighted by Crippen LogP contribution is -2.38. The van der Waals surface area contributed by atoms with E-state index in [0.29, 0.717) is 32.0 Å². The number of hydrogen-bond acceptors (Lipinski definition) is 3. The van der Waals surface area contributed by atoms with E-state index in [1.807, 2.05) is 13.1 Å². The van der Waals surface area contributed by atoms with Crippen LogP contribution >= 0.6 is 0 Å². The van der Waals surface area contributed by atoms with Crippen LogP contribution in [-0.2, 0) is 23.0 Å². The Morgan fingerprint density at radius 2 is 1.90 bits per heavy atom. The molecule has 0 spiro atoms. The molecule has 1 aromatic heterocycles. The van der Waals surface area contributed by atoms with Crippen LogP contribution in [0.25, 0.3) is 10.9 Å². The smallest absolute Gasteiger partial charge is 0.240 e. The van der Waals surface area contributed by atoms with Crippen molar-refractivity contribution in [1.29, 1.82) is 0 Å². The maximum absolute atomic E-state index is 13.5. The van der Waals surface area contributed by atoms with Crippen LogP contribution in [0, 0.1) is 5.82 Å². The van der Waals surface area contributed by atoms with Crippen molar-refractivity contribution >= 4 is 26.9 Å². The summed E-state index contributed by atoms with van der Waals surface area (Å²) in [7, 11) is -2.06. The molecule has 0 aliphatic rings. The third-order valence-electron chi connectivity index (χ3n) is 4.68. The molecule has 160 valence electrons. The normalized spacial score (nSPS) is 12.3. The Morgan fingerprint density at radius 1 is 1.13 bits per heavy atom. The molecule has 0 radical (unpaired) electrons. The van der Waals surface area contributed by atoms with Gasteiger partial charge in [0.25, 0.3) is 0 Å². The summed E-state index contributed by atoms with van der Waals surface area (Å²) < 4.78 is 39.4. The maximum Gasteiger partial charge on any atom is 0.240 e. The van der Waals surface area contributed by atoms with Crippen LogP contribution in [0.4, 0.5) is 4.39 Å². The molecule has 0 aliphatic carbocycles. The summed E-state index contributed by atoms with van der Waals surface area (Å²) in [5.41, 5.74) is 2.85. The summed E-state index contributed by atoms with van der Waals surface area (Å²) in [4.78, 5) is 7.93. The number of guanidine groups is 1. The molecule has 7 nitrogen and oxygen atoms in total. The molecule has 0 aliphatic heterocycles. The predicted octanol–water partition coefficient (Wildman–Crippen LogP) is 2.51. The first kappa shape index (κ1) is 21.8. The minimum absolute atomic E-state index is 0.220. The first-order valence-electron chi connectivity index (χ1n) is 9.73. The number of fused-ring (bicyclic) bond motifs is 1. The van der Waals surface area contributed by atoms with Crippen LogP contribution in [0.15, 0.2) is 58.5 Å². The average Bonchev–Trinajstić information content (AvgIpc) is 3.14. The van der Waals surface area contributed by atoms with Gasteiger partial charge in [-0.15, -0.1) is 0 Å². The first-order chi connectivity index (χ1) is 14.4.